The molecule has 0 saturated heterocycles. The van der Waals surface area contributed by atoms with Crippen molar-refractivity contribution in [1.82, 2.24) is 0 Å². The number of benzene rings is 1. The zero-order valence-corrected chi connectivity index (χ0v) is 9.20. The Morgan fingerprint density at radius 3 is 2.80 bits per heavy atom. The van der Waals surface area contributed by atoms with Crippen LogP contribution in [0.25, 0.3) is 5.57 Å². The van der Waals surface area contributed by atoms with Crippen molar-refractivity contribution in [3.63, 3.8) is 0 Å². The molecule has 0 fully saturated rings. The Labute approximate surface area is 90.5 Å². The van der Waals surface area contributed by atoms with Crippen LogP contribution < -0.4 is 5.73 Å². The van der Waals surface area contributed by atoms with E-state index in [1.165, 1.54) is 0 Å². The number of nitrogens with two attached hydrogens (primary N) is 1. The molecule has 15 heavy (non-hydrogen) atoms. The normalized spacial score (nSPS) is 17.0. The fourth-order valence-electron chi connectivity index (χ4n) is 1.82. The fraction of sp³-hybridized carbons (Fsp3) is 0.308. The fourth-order valence-corrected chi connectivity index (χ4v) is 1.82. The molecule has 0 saturated carbocycles. The standard InChI is InChI=1S/C13H16N2/c1-9(2)7-12(14)11-8-15-13-6-4-3-5-10(11)13/h3-6,8-9H,7,14H2,1-2H3. The maximum Gasteiger partial charge on any atom is 0.0709 e. The zero-order chi connectivity index (χ0) is 10.8. The van der Waals surface area contributed by atoms with Crippen LogP contribution >= 0.6 is 0 Å². The molecular formula is C13H16N2. The smallest absolute Gasteiger partial charge is 0.0709 e. The molecule has 0 aliphatic carbocycles. The number of rotatable bonds is 2. The average Bonchev–Trinajstić information content (AvgIpc) is 2.59. The van der Waals surface area contributed by atoms with Crippen molar-refractivity contribution in [3.8, 4) is 0 Å². The number of nitrogens with zero attached hydrogens (tertiary/aromatic N) is 1. The highest BCUT2D eigenvalue weighted by atomic mass is 14.8. The van der Waals surface area contributed by atoms with E-state index in [1.54, 1.807) is 0 Å². The van der Waals surface area contributed by atoms with Crippen LogP contribution in [-0.2, 0) is 0 Å². The summed E-state index contributed by atoms with van der Waals surface area (Å²) in [6, 6.07) is 8.11. The number of aliphatic imine (C=N–C) groups is 1. The Morgan fingerprint density at radius 1 is 1.33 bits per heavy atom. The van der Waals surface area contributed by atoms with E-state index in [9.17, 15) is 0 Å². The van der Waals surface area contributed by atoms with E-state index >= 15 is 0 Å². The summed E-state index contributed by atoms with van der Waals surface area (Å²) >= 11 is 0. The molecule has 1 aromatic rings. The first-order valence-electron chi connectivity index (χ1n) is 5.30. The molecule has 1 aliphatic rings. The number of hydrogen-bond donors (Lipinski definition) is 1. The van der Waals surface area contributed by atoms with E-state index in [1.807, 2.05) is 24.4 Å². The first-order chi connectivity index (χ1) is 7.18. The van der Waals surface area contributed by atoms with E-state index < -0.39 is 0 Å². The molecule has 1 aliphatic heterocycles. The average molecular weight is 200 g/mol. The van der Waals surface area contributed by atoms with E-state index in [-0.39, 0.29) is 0 Å². The maximum atomic E-state index is 6.08. The Kier molecular flexibility index (Phi) is 2.58. The summed E-state index contributed by atoms with van der Waals surface area (Å²) in [6.45, 7) is 4.34. The highest BCUT2D eigenvalue weighted by Gasteiger charge is 2.14. The second-order valence-corrected chi connectivity index (χ2v) is 4.31. The molecule has 78 valence electrons. The van der Waals surface area contributed by atoms with Gasteiger partial charge in [-0.25, -0.2) is 0 Å². The van der Waals surface area contributed by atoms with Crippen LogP contribution in [0.4, 0.5) is 5.69 Å². The van der Waals surface area contributed by atoms with Crippen molar-refractivity contribution in [2.24, 2.45) is 16.6 Å². The Morgan fingerprint density at radius 2 is 2.07 bits per heavy atom. The van der Waals surface area contributed by atoms with Crippen molar-refractivity contribution in [2.45, 2.75) is 20.3 Å². The maximum absolute atomic E-state index is 6.08. The third-order valence-electron chi connectivity index (χ3n) is 2.50. The van der Waals surface area contributed by atoms with Gasteiger partial charge in [-0.2, -0.15) is 0 Å². The molecule has 0 aromatic heterocycles. The summed E-state index contributed by atoms with van der Waals surface area (Å²) in [4.78, 5) is 4.35. The number of fused-ring (bicyclic) bond motifs is 1. The number of para-hydroxylation sites is 1. The predicted octanol–water partition coefficient (Wildman–Crippen LogP) is 3.12. The first-order valence-corrected chi connectivity index (χ1v) is 5.30. The first kappa shape index (κ1) is 9.97. The molecule has 2 nitrogen and oxygen atoms in total. The molecule has 1 aromatic carbocycles. The Hall–Kier alpha value is -1.57. The lowest BCUT2D eigenvalue weighted by molar-refractivity contribution is 0.640. The number of allylic oxidation sites excluding steroid dienone is 2. The summed E-state index contributed by atoms with van der Waals surface area (Å²) in [6.07, 6.45) is 2.80. The molecule has 2 heteroatoms. The van der Waals surface area contributed by atoms with Crippen molar-refractivity contribution < 1.29 is 0 Å². The molecule has 0 amide bonds. The van der Waals surface area contributed by atoms with Gasteiger partial charge in [0.05, 0.1) is 5.69 Å². The van der Waals surface area contributed by atoms with E-state index in [4.69, 9.17) is 5.73 Å². The second kappa shape index (κ2) is 3.89. The van der Waals surface area contributed by atoms with Crippen LogP contribution in [0.1, 0.15) is 25.8 Å². The minimum Gasteiger partial charge on any atom is -0.401 e. The molecule has 2 N–H and O–H groups in total. The number of hydrogen-bond acceptors (Lipinski definition) is 2. The Balaban J connectivity index is 2.38. The zero-order valence-electron chi connectivity index (χ0n) is 9.20. The van der Waals surface area contributed by atoms with Crippen molar-refractivity contribution in [1.29, 1.82) is 0 Å². The van der Waals surface area contributed by atoms with Gasteiger partial charge < -0.3 is 5.73 Å². The van der Waals surface area contributed by atoms with Gasteiger partial charge in [0, 0.05) is 23.0 Å². The van der Waals surface area contributed by atoms with Gasteiger partial charge in [0.2, 0.25) is 0 Å². The molecule has 0 spiro atoms. The van der Waals surface area contributed by atoms with Gasteiger partial charge in [-0.05, 0) is 18.4 Å². The molecular weight excluding hydrogens is 184 g/mol. The summed E-state index contributed by atoms with van der Waals surface area (Å²) in [5, 5.41) is 0. The van der Waals surface area contributed by atoms with Gasteiger partial charge in [-0.15, -0.1) is 0 Å². The predicted molar refractivity (Wildman–Crippen MR) is 65.2 cm³/mol. The second-order valence-electron chi connectivity index (χ2n) is 4.31. The monoisotopic (exact) mass is 200 g/mol. The third-order valence-corrected chi connectivity index (χ3v) is 2.50. The van der Waals surface area contributed by atoms with E-state index in [0.29, 0.717) is 5.92 Å². The minimum atomic E-state index is 0.582. The minimum absolute atomic E-state index is 0.582. The van der Waals surface area contributed by atoms with Crippen molar-refractivity contribution in [2.75, 3.05) is 0 Å². The van der Waals surface area contributed by atoms with Crippen LogP contribution in [-0.4, -0.2) is 6.21 Å². The summed E-state index contributed by atoms with van der Waals surface area (Å²) in [5.74, 6) is 0.582. The third kappa shape index (κ3) is 1.94. The van der Waals surface area contributed by atoms with Gasteiger partial charge in [0.25, 0.3) is 0 Å². The lowest BCUT2D eigenvalue weighted by Crippen LogP contribution is -2.05. The highest BCUT2D eigenvalue weighted by Crippen LogP contribution is 2.32. The van der Waals surface area contributed by atoms with Gasteiger partial charge in [-0.1, -0.05) is 32.0 Å². The lowest BCUT2D eigenvalue weighted by atomic mass is 10.00. The molecule has 0 bridgehead atoms. The summed E-state index contributed by atoms with van der Waals surface area (Å²) in [5.41, 5.74) is 10.3. The van der Waals surface area contributed by atoms with E-state index in [2.05, 4.69) is 24.9 Å². The van der Waals surface area contributed by atoms with Gasteiger partial charge in [0.15, 0.2) is 0 Å². The van der Waals surface area contributed by atoms with Crippen molar-refractivity contribution >= 4 is 17.5 Å². The van der Waals surface area contributed by atoms with Gasteiger partial charge >= 0.3 is 0 Å². The van der Waals surface area contributed by atoms with Gasteiger partial charge in [-0.3, -0.25) is 4.99 Å². The molecule has 0 unspecified atom stereocenters. The molecule has 0 radical (unpaired) electrons. The summed E-state index contributed by atoms with van der Waals surface area (Å²) < 4.78 is 0. The van der Waals surface area contributed by atoms with Crippen molar-refractivity contribution in [3.05, 3.63) is 35.5 Å². The largest absolute Gasteiger partial charge is 0.401 e. The topological polar surface area (TPSA) is 38.4 Å². The Bertz CT molecular complexity index is 428. The van der Waals surface area contributed by atoms with Crippen LogP contribution in [0.5, 0.6) is 0 Å². The van der Waals surface area contributed by atoms with Crippen LogP contribution in [0.15, 0.2) is 35.0 Å². The highest BCUT2D eigenvalue weighted by molar-refractivity contribution is 6.17. The van der Waals surface area contributed by atoms with Crippen LogP contribution in [0.3, 0.4) is 0 Å². The lowest BCUT2D eigenvalue weighted by Gasteiger charge is -2.08. The SMILES string of the molecule is CC(C)CC(N)=C1C=Nc2ccccc21. The molecule has 2 rings (SSSR count). The van der Waals surface area contributed by atoms with E-state index in [0.717, 1.165) is 28.9 Å². The van der Waals surface area contributed by atoms with Gasteiger partial charge in [0.1, 0.15) is 0 Å². The van der Waals surface area contributed by atoms with Crippen LogP contribution in [0, 0.1) is 5.92 Å². The molecule has 1 heterocycles. The molecule has 0 atom stereocenters. The summed E-state index contributed by atoms with van der Waals surface area (Å²) in [7, 11) is 0. The quantitative estimate of drug-likeness (QED) is 0.782. The van der Waals surface area contributed by atoms with Crippen LogP contribution in [0.2, 0.25) is 0 Å².